The molecule has 0 spiro atoms. The van der Waals surface area contributed by atoms with Crippen molar-refractivity contribution in [2.24, 2.45) is 5.10 Å². The van der Waals surface area contributed by atoms with Gasteiger partial charge in [-0.05, 0) is 30.7 Å². The van der Waals surface area contributed by atoms with Crippen LogP contribution in [-0.2, 0) is 4.79 Å². The van der Waals surface area contributed by atoms with Crippen LogP contribution < -0.4 is 14.9 Å². The molecule has 0 atom stereocenters. The van der Waals surface area contributed by atoms with E-state index in [1.165, 1.54) is 25.5 Å². The number of nitrogens with one attached hydrogen (secondary N) is 1. The van der Waals surface area contributed by atoms with Gasteiger partial charge in [-0.3, -0.25) is 14.9 Å². The number of carbonyl (C=O) groups excluding carboxylic acids is 1. The number of carbonyl (C=O) groups is 1. The summed E-state index contributed by atoms with van der Waals surface area (Å²) >= 11 is 0. The number of para-hydroxylation sites is 1. The highest BCUT2D eigenvalue weighted by molar-refractivity contribution is 5.86. The lowest BCUT2D eigenvalue weighted by molar-refractivity contribution is -0.385. The van der Waals surface area contributed by atoms with Crippen molar-refractivity contribution in [1.29, 1.82) is 0 Å². The topological polar surface area (TPSA) is 123 Å². The van der Waals surface area contributed by atoms with E-state index in [1.54, 1.807) is 31.2 Å². The highest BCUT2D eigenvalue weighted by atomic mass is 16.6. The number of benzene rings is 2. The summed E-state index contributed by atoms with van der Waals surface area (Å²) in [6.45, 7) is 1.26. The number of nitrogens with zero attached hydrogens (tertiary/aromatic N) is 2. The minimum atomic E-state index is -0.612. The largest absolute Gasteiger partial charge is 0.504 e. The second-order valence-corrected chi connectivity index (χ2v) is 5.21. The van der Waals surface area contributed by atoms with E-state index in [0.29, 0.717) is 11.1 Å². The van der Waals surface area contributed by atoms with E-state index in [0.717, 1.165) is 0 Å². The lowest BCUT2D eigenvalue weighted by Crippen LogP contribution is -2.24. The minimum Gasteiger partial charge on any atom is -0.504 e. The van der Waals surface area contributed by atoms with Crippen LogP contribution in [0.15, 0.2) is 41.5 Å². The third-order valence-electron chi connectivity index (χ3n) is 3.31. The van der Waals surface area contributed by atoms with E-state index in [-0.39, 0.29) is 22.9 Å². The monoisotopic (exact) mass is 359 g/mol. The van der Waals surface area contributed by atoms with Gasteiger partial charge in [-0.2, -0.15) is 5.10 Å². The van der Waals surface area contributed by atoms with E-state index in [2.05, 4.69) is 10.5 Å². The van der Waals surface area contributed by atoms with Gasteiger partial charge in [0.15, 0.2) is 23.9 Å². The van der Waals surface area contributed by atoms with Crippen LogP contribution in [0.2, 0.25) is 0 Å². The Morgan fingerprint density at radius 2 is 2.12 bits per heavy atom. The minimum absolute atomic E-state index is 0.00910. The Bertz CT molecular complexity index is 850. The van der Waals surface area contributed by atoms with Crippen LogP contribution in [0.5, 0.6) is 17.2 Å². The molecule has 0 saturated heterocycles. The Labute approximate surface area is 149 Å². The number of phenolic OH excluding ortho intramolecular Hbond substituents is 1. The first-order valence-electron chi connectivity index (χ1n) is 7.48. The van der Waals surface area contributed by atoms with E-state index in [1.807, 2.05) is 0 Å². The van der Waals surface area contributed by atoms with Crippen molar-refractivity contribution in [3.8, 4) is 17.2 Å². The number of ether oxygens (including phenoxy) is 2. The van der Waals surface area contributed by atoms with Crippen molar-refractivity contribution in [2.45, 2.75) is 6.92 Å². The molecule has 0 aliphatic carbocycles. The zero-order chi connectivity index (χ0) is 19.1. The summed E-state index contributed by atoms with van der Waals surface area (Å²) in [4.78, 5) is 22.2. The van der Waals surface area contributed by atoms with Crippen molar-refractivity contribution < 1.29 is 24.3 Å². The number of nitro groups is 1. The molecule has 0 saturated carbocycles. The lowest BCUT2D eigenvalue weighted by Gasteiger charge is -2.07. The molecule has 0 radical (unpaired) electrons. The van der Waals surface area contributed by atoms with Gasteiger partial charge in [0.1, 0.15) is 0 Å². The molecular weight excluding hydrogens is 342 g/mol. The van der Waals surface area contributed by atoms with Gasteiger partial charge in [0.25, 0.3) is 5.91 Å². The van der Waals surface area contributed by atoms with Crippen LogP contribution >= 0.6 is 0 Å². The first-order chi connectivity index (χ1) is 12.4. The summed E-state index contributed by atoms with van der Waals surface area (Å²) in [6, 6.07) is 9.24. The van der Waals surface area contributed by atoms with Gasteiger partial charge in [0.2, 0.25) is 0 Å². The Morgan fingerprint density at radius 3 is 2.81 bits per heavy atom. The van der Waals surface area contributed by atoms with E-state index in [4.69, 9.17) is 9.47 Å². The number of aryl methyl sites for hydroxylation is 1. The standard InChI is InChI=1S/C17H17N3O6/c1-11-6-7-14(13(8-11)20(23)24)26-10-16(21)19-18-9-12-4-3-5-15(25-2)17(12)22/h3-9,22H,10H2,1-2H3,(H,19,21)/b18-9-. The van der Waals surface area contributed by atoms with Crippen molar-refractivity contribution in [1.82, 2.24) is 5.43 Å². The Morgan fingerprint density at radius 1 is 1.35 bits per heavy atom. The van der Waals surface area contributed by atoms with Gasteiger partial charge < -0.3 is 14.6 Å². The van der Waals surface area contributed by atoms with Crippen LogP contribution in [0, 0.1) is 17.0 Å². The molecule has 26 heavy (non-hydrogen) atoms. The molecule has 0 fully saturated rings. The van der Waals surface area contributed by atoms with Gasteiger partial charge in [-0.15, -0.1) is 0 Å². The molecule has 2 N–H and O–H groups in total. The predicted molar refractivity (Wildman–Crippen MR) is 93.7 cm³/mol. The summed E-state index contributed by atoms with van der Waals surface area (Å²) in [7, 11) is 1.42. The summed E-state index contributed by atoms with van der Waals surface area (Å²) in [5.74, 6) is -0.460. The maximum atomic E-state index is 11.8. The summed E-state index contributed by atoms with van der Waals surface area (Å²) < 4.78 is 10.1. The Kier molecular flexibility index (Phi) is 6.10. The fourth-order valence-electron chi connectivity index (χ4n) is 2.05. The molecule has 1 amide bonds. The lowest BCUT2D eigenvalue weighted by atomic mass is 10.2. The maximum absolute atomic E-state index is 11.8. The summed E-state index contributed by atoms with van der Waals surface area (Å²) in [6.07, 6.45) is 1.24. The Balaban J connectivity index is 1.95. The van der Waals surface area contributed by atoms with Crippen molar-refractivity contribution in [3.63, 3.8) is 0 Å². The third kappa shape index (κ3) is 4.69. The molecule has 0 aromatic heterocycles. The maximum Gasteiger partial charge on any atom is 0.311 e. The average molecular weight is 359 g/mol. The number of hydrogen-bond donors (Lipinski definition) is 2. The number of methoxy groups -OCH3 is 1. The van der Waals surface area contributed by atoms with Gasteiger partial charge in [-0.1, -0.05) is 12.1 Å². The number of phenols is 1. The molecule has 0 unspecified atom stereocenters. The highest BCUT2D eigenvalue weighted by Crippen LogP contribution is 2.28. The number of amides is 1. The van der Waals surface area contributed by atoms with E-state index < -0.39 is 17.4 Å². The summed E-state index contributed by atoms with van der Waals surface area (Å²) in [5, 5.41) is 24.6. The molecule has 2 aromatic carbocycles. The number of hydrazone groups is 1. The normalized spacial score (nSPS) is 10.5. The fourth-order valence-corrected chi connectivity index (χ4v) is 2.05. The van der Waals surface area contributed by atoms with Crippen LogP contribution in [-0.4, -0.2) is 35.9 Å². The molecule has 2 rings (SSSR count). The molecule has 0 aliphatic rings. The van der Waals surface area contributed by atoms with Crippen molar-refractivity contribution >= 4 is 17.8 Å². The Hall–Kier alpha value is -3.62. The number of nitro benzene ring substituents is 1. The molecular formula is C17H17N3O6. The molecule has 0 bridgehead atoms. The molecule has 0 heterocycles. The first kappa shape index (κ1) is 18.7. The van der Waals surface area contributed by atoms with Crippen molar-refractivity contribution in [2.75, 3.05) is 13.7 Å². The van der Waals surface area contributed by atoms with Crippen LogP contribution in [0.4, 0.5) is 5.69 Å². The fraction of sp³-hybridized carbons (Fsp3) is 0.176. The smallest absolute Gasteiger partial charge is 0.311 e. The van der Waals surface area contributed by atoms with Crippen molar-refractivity contribution in [3.05, 3.63) is 57.6 Å². The second kappa shape index (κ2) is 8.47. The van der Waals surface area contributed by atoms with Gasteiger partial charge >= 0.3 is 5.69 Å². The van der Waals surface area contributed by atoms with Gasteiger partial charge in [0, 0.05) is 11.6 Å². The van der Waals surface area contributed by atoms with Crippen LogP contribution in [0.3, 0.4) is 0 Å². The molecule has 0 aliphatic heterocycles. The zero-order valence-corrected chi connectivity index (χ0v) is 14.1. The van der Waals surface area contributed by atoms with Gasteiger partial charge in [0.05, 0.1) is 18.2 Å². The quantitative estimate of drug-likeness (QED) is 0.443. The third-order valence-corrected chi connectivity index (χ3v) is 3.31. The SMILES string of the molecule is COc1cccc(/C=N\NC(=O)COc2ccc(C)cc2[N+](=O)[O-])c1O. The molecule has 136 valence electrons. The van der Waals surface area contributed by atoms with E-state index >= 15 is 0 Å². The number of hydrogen-bond acceptors (Lipinski definition) is 7. The number of aromatic hydroxyl groups is 1. The molecule has 9 heteroatoms. The summed E-state index contributed by atoms with van der Waals surface area (Å²) in [5.41, 5.74) is 3.04. The second-order valence-electron chi connectivity index (χ2n) is 5.21. The predicted octanol–water partition coefficient (Wildman–Crippen LogP) is 2.15. The number of rotatable bonds is 7. The van der Waals surface area contributed by atoms with E-state index in [9.17, 15) is 20.0 Å². The zero-order valence-electron chi connectivity index (χ0n) is 14.1. The molecule has 9 nitrogen and oxygen atoms in total. The molecule has 2 aromatic rings. The average Bonchev–Trinajstić information content (AvgIpc) is 2.62. The van der Waals surface area contributed by atoms with Gasteiger partial charge in [-0.25, -0.2) is 5.43 Å². The highest BCUT2D eigenvalue weighted by Gasteiger charge is 2.16. The van der Waals surface area contributed by atoms with Crippen LogP contribution in [0.25, 0.3) is 0 Å². The van der Waals surface area contributed by atoms with Crippen LogP contribution in [0.1, 0.15) is 11.1 Å². The first-order valence-corrected chi connectivity index (χ1v) is 7.48.